The third-order valence-corrected chi connectivity index (χ3v) is 3.47. The van der Waals surface area contributed by atoms with Crippen molar-refractivity contribution < 1.29 is 21.6 Å². The highest BCUT2D eigenvalue weighted by Gasteiger charge is 2.16. The van der Waals surface area contributed by atoms with E-state index in [1.54, 1.807) is 0 Å². The zero-order chi connectivity index (χ0) is 14.6. The van der Waals surface area contributed by atoms with Crippen molar-refractivity contribution in [3.8, 4) is 0 Å². The van der Waals surface area contributed by atoms with E-state index in [2.05, 4.69) is 5.32 Å². The van der Waals surface area contributed by atoms with Gasteiger partial charge in [-0.15, -0.1) is 0 Å². The van der Waals surface area contributed by atoms with Crippen molar-refractivity contribution in [3.05, 3.63) is 29.6 Å². The van der Waals surface area contributed by atoms with Crippen molar-refractivity contribution in [1.82, 2.24) is 5.32 Å². The van der Waals surface area contributed by atoms with E-state index in [9.17, 15) is 21.6 Å². The molecular formula is C11H15F3N2O2S. The minimum Gasteiger partial charge on any atom is -0.313 e. The fraction of sp³-hybridized carbons (Fsp3) is 0.455. The minimum atomic E-state index is -3.82. The molecular weight excluding hydrogens is 281 g/mol. The second-order valence-electron chi connectivity index (χ2n) is 4.28. The van der Waals surface area contributed by atoms with Crippen LogP contribution in [-0.2, 0) is 10.0 Å². The molecule has 4 nitrogen and oxygen atoms in total. The van der Waals surface area contributed by atoms with E-state index in [-0.39, 0.29) is 18.3 Å². The monoisotopic (exact) mass is 296 g/mol. The first kappa shape index (κ1) is 15.8. The summed E-state index contributed by atoms with van der Waals surface area (Å²) in [6.07, 6.45) is 0. The molecule has 108 valence electrons. The molecule has 1 aromatic carbocycles. The van der Waals surface area contributed by atoms with Crippen LogP contribution in [0.1, 0.15) is 13.8 Å². The molecule has 0 aliphatic carbocycles. The summed E-state index contributed by atoms with van der Waals surface area (Å²) in [7, 11) is -3.82. The van der Waals surface area contributed by atoms with Crippen molar-refractivity contribution >= 4 is 15.7 Å². The van der Waals surface area contributed by atoms with Gasteiger partial charge in [0.1, 0.15) is 5.82 Å². The molecule has 0 fully saturated rings. The Morgan fingerprint density at radius 3 is 2.26 bits per heavy atom. The van der Waals surface area contributed by atoms with Gasteiger partial charge in [0.25, 0.3) is 0 Å². The number of hydrogen-bond donors (Lipinski definition) is 2. The zero-order valence-corrected chi connectivity index (χ0v) is 11.3. The van der Waals surface area contributed by atoms with Crippen LogP contribution >= 0.6 is 0 Å². The Bertz CT molecular complexity index is 547. The van der Waals surface area contributed by atoms with Gasteiger partial charge in [0, 0.05) is 24.7 Å². The van der Waals surface area contributed by atoms with E-state index < -0.39 is 33.2 Å². The maximum Gasteiger partial charge on any atom is 0.234 e. The maximum atomic E-state index is 13.3. The van der Waals surface area contributed by atoms with Crippen molar-refractivity contribution in [2.24, 2.45) is 0 Å². The van der Waals surface area contributed by atoms with Crippen LogP contribution in [0.5, 0.6) is 0 Å². The molecule has 1 rings (SSSR count). The number of benzene rings is 1. The van der Waals surface area contributed by atoms with Gasteiger partial charge in [0.2, 0.25) is 10.0 Å². The topological polar surface area (TPSA) is 58.2 Å². The second-order valence-corrected chi connectivity index (χ2v) is 6.12. The number of sulfonamides is 1. The van der Waals surface area contributed by atoms with Gasteiger partial charge in [0.05, 0.1) is 11.4 Å². The number of halogens is 3. The van der Waals surface area contributed by atoms with E-state index in [0.717, 1.165) is 0 Å². The minimum absolute atomic E-state index is 0.107. The number of rotatable bonds is 6. The first-order valence-electron chi connectivity index (χ1n) is 5.59. The second kappa shape index (κ2) is 6.25. The summed E-state index contributed by atoms with van der Waals surface area (Å²) in [5, 5.41) is 2.88. The molecule has 0 unspecified atom stereocenters. The predicted molar refractivity (Wildman–Crippen MR) is 66.9 cm³/mol. The van der Waals surface area contributed by atoms with E-state index in [1.807, 2.05) is 18.6 Å². The van der Waals surface area contributed by atoms with Crippen LogP contribution in [0.15, 0.2) is 12.1 Å². The average Bonchev–Trinajstić information content (AvgIpc) is 2.24. The summed E-state index contributed by atoms with van der Waals surface area (Å²) in [5.74, 6) is -4.16. The lowest BCUT2D eigenvalue weighted by Crippen LogP contribution is -2.31. The average molecular weight is 296 g/mol. The van der Waals surface area contributed by atoms with Gasteiger partial charge in [-0.25, -0.2) is 21.6 Å². The fourth-order valence-electron chi connectivity index (χ4n) is 1.30. The normalized spacial score (nSPS) is 11.9. The molecule has 0 amide bonds. The van der Waals surface area contributed by atoms with E-state index in [4.69, 9.17) is 0 Å². The molecule has 0 atom stereocenters. The smallest absolute Gasteiger partial charge is 0.234 e. The van der Waals surface area contributed by atoms with Crippen molar-refractivity contribution in [1.29, 1.82) is 0 Å². The van der Waals surface area contributed by atoms with Crippen molar-refractivity contribution in [2.75, 3.05) is 17.0 Å². The highest BCUT2D eigenvalue weighted by molar-refractivity contribution is 7.92. The Kier molecular flexibility index (Phi) is 5.19. The number of anilines is 1. The highest BCUT2D eigenvalue weighted by atomic mass is 32.2. The van der Waals surface area contributed by atoms with Crippen LogP contribution in [0.25, 0.3) is 0 Å². The molecule has 1 aromatic rings. The summed E-state index contributed by atoms with van der Waals surface area (Å²) in [6.45, 7) is 3.85. The molecule has 0 saturated carbocycles. The number of nitrogens with one attached hydrogen (secondary N) is 2. The Labute approximate surface area is 110 Å². The summed E-state index contributed by atoms with van der Waals surface area (Å²) >= 11 is 0. The molecule has 0 heterocycles. The Hall–Kier alpha value is -1.28. The van der Waals surface area contributed by atoms with Crippen LogP contribution in [0.4, 0.5) is 18.9 Å². The van der Waals surface area contributed by atoms with E-state index in [0.29, 0.717) is 12.1 Å². The molecule has 0 bridgehead atoms. The zero-order valence-electron chi connectivity index (χ0n) is 10.5. The van der Waals surface area contributed by atoms with Crippen LogP contribution in [-0.4, -0.2) is 26.8 Å². The Morgan fingerprint density at radius 2 is 1.68 bits per heavy atom. The quantitative estimate of drug-likeness (QED) is 0.788. The predicted octanol–water partition coefficient (Wildman–Crippen LogP) is 1.84. The molecule has 0 aromatic heterocycles. The van der Waals surface area contributed by atoms with Crippen molar-refractivity contribution in [3.63, 3.8) is 0 Å². The molecule has 19 heavy (non-hydrogen) atoms. The van der Waals surface area contributed by atoms with Crippen LogP contribution in [0.3, 0.4) is 0 Å². The largest absolute Gasteiger partial charge is 0.313 e. The Morgan fingerprint density at radius 1 is 1.11 bits per heavy atom. The standard InChI is InChI=1S/C11H15F3N2O2S/c1-7(2)15-3-4-19(17,18)16-11-6-9(13)8(12)5-10(11)14/h5-7,15-16H,3-4H2,1-2H3. The fourth-order valence-corrected chi connectivity index (χ4v) is 2.28. The van der Waals surface area contributed by atoms with Gasteiger partial charge in [-0.05, 0) is 0 Å². The lowest BCUT2D eigenvalue weighted by molar-refractivity contribution is 0.496. The Balaban J connectivity index is 2.76. The summed E-state index contributed by atoms with van der Waals surface area (Å²) < 4.78 is 63.9. The SMILES string of the molecule is CC(C)NCCS(=O)(=O)Nc1cc(F)c(F)cc1F. The third-order valence-electron chi connectivity index (χ3n) is 2.20. The summed E-state index contributed by atoms with van der Waals surface area (Å²) in [6, 6.07) is 0.868. The lowest BCUT2D eigenvalue weighted by atomic mass is 10.3. The van der Waals surface area contributed by atoms with Gasteiger partial charge >= 0.3 is 0 Å². The molecule has 0 aliphatic heterocycles. The van der Waals surface area contributed by atoms with Gasteiger partial charge < -0.3 is 5.32 Å². The van der Waals surface area contributed by atoms with Gasteiger partial charge in [0.15, 0.2) is 11.6 Å². The lowest BCUT2D eigenvalue weighted by Gasteiger charge is -2.11. The number of hydrogen-bond acceptors (Lipinski definition) is 3. The maximum absolute atomic E-state index is 13.3. The molecule has 0 saturated heterocycles. The first-order valence-corrected chi connectivity index (χ1v) is 7.25. The molecule has 0 aliphatic rings. The van der Waals surface area contributed by atoms with Crippen molar-refractivity contribution in [2.45, 2.75) is 19.9 Å². The van der Waals surface area contributed by atoms with Gasteiger partial charge in [-0.2, -0.15) is 0 Å². The van der Waals surface area contributed by atoms with Gasteiger partial charge in [-0.3, -0.25) is 4.72 Å². The molecule has 0 spiro atoms. The molecule has 8 heteroatoms. The van der Waals surface area contributed by atoms with Gasteiger partial charge in [-0.1, -0.05) is 13.8 Å². The van der Waals surface area contributed by atoms with Crippen LogP contribution < -0.4 is 10.0 Å². The molecule has 2 N–H and O–H groups in total. The first-order chi connectivity index (χ1) is 8.71. The summed E-state index contributed by atoms with van der Waals surface area (Å²) in [5.41, 5.74) is -0.608. The van der Waals surface area contributed by atoms with E-state index >= 15 is 0 Å². The van der Waals surface area contributed by atoms with Crippen LogP contribution in [0, 0.1) is 17.5 Å². The molecule has 0 radical (unpaired) electrons. The summed E-state index contributed by atoms with van der Waals surface area (Å²) in [4.78, 5) is 0. The third kappa shape index (κ3) is 5.07. The van der Waals surface area contributed by atoms with E-state index in [1.165, 1.54) is 0 Å². The highest BCUT2D eigenvalue weighted by Crippen LogP contribution is 2.19. The van der Waals surface area contributed by atoms with Crippen LogP contribution in [0.2, 0.25) is 0 Å².